The van der Waals surface area contributed by atoms with Crippen LogP contribution in [0.25, 0.3) is 0 Å². The Morgan fingerprint density at radius 1 is 1.24 bits per heavy atom. The van der Waals surface area contributed by atoms with E-state index >= 15 is 0 Å². The molecule has 0 fully saturated rings. The lowest BCUT2D eigenvalue weighted by atomic mass is 10.1. The fourth-order valence-electron chi connectivity index (χ4n) is 1.55. The Hall–Kier alpha value is -1.59. The van der Waals surface area contributed by atoms with Gasteiger partial charge < -0.3 is 14.6 Å². The van der Waals surface area contributed by atoms with Gasteiger partial charge in [-0.05, 0) is 17.7 Å². The maximum atomic E-state index is 10.1. The average molecular weight is 251 g/mol. The molecule has 1 aromatic heterocycles. The molecule has 0 amide bonds. The van der Waals surface area contributed by atoms with E-state index in [-0.39, 0.29) is 0 Å². The van der Waals surface area contributed by atoms with Gasteiger partial charge in [-0.3, -0.25) is 4.98 Å². The summed E-state index contributed by atoms with van der Waals surface area (Å²) in [7, 11) is 3.15. The van der Waals surface area contributed by atoms with Crippen molar-refractivity contribution in [3.05, 3.63) is 40.3 Å². The Kier molecular flexibility index (Phi) is 3.61. The van der Waals surface area contributed by atoms with Crippen molar-refractivity contribution in [2.75, 3.05) is 14.2 Å². The molecule has 5 heteroatoms. The molecule has 4 nitrogen and oxygen atoms in total. The molecule has 1 N–H and O–H groups in total. The smallest absolute Gasteiger partial charge is 0.161 e. The van der Waals surface area contributed by atoms with Crippen LogP contribution < -0.4 is 9.47 Å². The van der Waals surface area contributed by atoms with Gasteiger partial charge >= 0.3 is 0 Å². The zero-order chi connectivity index (χ0) is 12.3. The van der Waals surface area contributed by atoms with Crippen LogP contribution in [-0.2, 0) is 0 Å². The highest BCUT2D eigenvalue weighted by molar-refractivity contribution is 7.09. The summed E-state index contributed by atoms with van der Waals surface area (Å²) in [4.78, 5) is 4.75. The molecule has 0 aliphatic heterocycles. The molecule has 1 atom stereocenters. The maximum Gasteiger partial charge on any atom is 0.161 e. The van der Waals surface area contributed by atoms with Gasteiger partial charge in [-0.25, -0.2) is 0 Å². The van der Waals surface area contributed by atoms with Crippen molar-refractivity contribution >= 4 is 11.3 Å². The third-order valence-corrected chi connectivity index (χ3v) is 3.27. The summed E-state index contributed by atoms with van der Waals surface area (Å²) < 4.78 is 10.3. The molecule has 1 heterocycles. The van der Waals surface area contributed by atoms with E-state index in [0.29, 0.717) is 11.5 Å². The number of aliphatic hydroxyl groups is 1. The number of nitrogens with zero attached hydrogens (tertiary/aromatic N) is 1. The molecule has 0 aliphatic rings. The Morgan fingerprint density at radius 3 is 2.59 bits per heavy atom. The lowest BCUT2D eigenvalue weighted by Crippen LogP contribution is -1.99. The van der Waals surface area contributed by atoms with E-state index in [4.69, 9.17) is 9.47 Å². The van der Waals surface area contributed by atoms with Gasteiger partial charge in [-0.1, -0.05) is 6.07 Å². The van der Waals surface area contributed by atoms with Crippen molar-refractivity contribution in [1.82, 2.24) is 4.98 Å². The highest BCUT2D eigenvalue weighted by atomic mass is 32.1. The van der Waals surface area contributed by atoms with E-state index in [1.54, 1.807) is 38.1 Å². The molecule has 0 radical (unpaired) electrons. The first-order valence-corrected chi connectivity index (χ1v) is 5.92. The summed E-state index contributed by atoms with van der Waals surface area (Å²) in [5, 5.41) is 10.1. The first kappa shape index (κ1) is 11.9. The van der Waals surface area contributed by atoms with Crippen LogP contribution in [0.2, 0.25) is 0 Å². The van der Waals surface area contributed by atoms with Gasteiger partial charge in [0.05, 0.1) is 24.6 Å². The van der Waals surface area contributed by atoms with E-state index in [9.17, 15) is 5.11 Å². The summed E-state index contributed by atoms with van der Waals surface area (Å²) >= 11 is 1.42. The van der Waals surface area contributed by atoms with Crippen LogP contribution in [0, 0.1) is 0 Å². The highest BCUT2D eigenvalue weighted by Crippen LogP contribution is 2.32. The van der Waals surface area contributed by atoms with E-state index in [2.05, 4.69) is 4.98 Å². The highest BCUT2D eigenvalue weighted by Gasteiger charge is 2.14. The van der Waals surface area contributed by atoms with Crippen molar-refractivity contribution < 1.29 is 14.6 Å². The zero-order valence-corrected chi connectivity index (χ0v) is 10.4. The number of hydrogen-bond donors (Lipinski definition) is 1. The van der Waals surface area contributed by atoms with Crippen molar-refractivity contribution in [3.8, 4) is 11.5 Å². The summed E-state index contributed by atoms with van der Waals surface area (Å²) in [5.74, 6) is 1.25. The second kappa shape index (κ2) is 5.16. The Labute approximate surface area is 103 Å². The van der Waals surface area contributed by atoms with E-state index < -0.39 is 6.10 Å². The van der Waals surface area contributed by atoms with Gasteiger partial charge in [0.2, 0.25) is 0 Å². The maximum absolute atomic E-state index is 10.1. The average Bonchev–Trinajstić information content (AvgIpc) is 2.90. The third kappa shape index (κ3) is 2.40. The van der Waals surface area contributed by atoms with Crippen molar-refractivity contribution in [1.29, 1.82) is 0 Å². The molecule has 1 aromatic carbocycles. The van der Waals surface area contributed by atoms with E-state index in [1.807, 2.05) is 6.07 Å². The predicted molar refractivity (Wildman–Crippen MR) is 65.7 cm³/mol. The number of ether oxygens (including phenoxy) is 2. The summed E-state index contributed by atoms with van der Waals surface area (Å²) in [5.41, 5.74) is 2.45. The molecule has 1 unspecified atom stereocenters. The SMILES string of the molecule is COc1ccc(C(O)c2cncs2)cc1OC. The number of benzene rings is 1. The molecule has 17 heavy (non-hydrogen) atoms. The number of rotatable bonds is 4. The van der Waals surface area contributed by atoms with Crippen molar-refractivity contribution in [2.45, 2.75) is 6.10 Å². The fraction of sp³-hybridized carbons (Fsp3) is 0.250. The Bertz CT molecular complexity index is 485. The van der Waals surface area contributed by atoms with Crippen LogP contribution in [0.1, 0.15) is 16.5 Å². The summed E-state index contributed by atoms with van der Waals surface area (Å²) in [6.45, 7) is 0. The minimum absolute atomic E-state index is 0.605. The quantitative estimate of drug-likeness (QED) is 0.905. The molecule has 0 saturated carbocycles. The minimum Gasteiger partial charge on any atom is -0.493 e. The van der Waals surface area contributed by atoms with Gasteiger partial charge in [0.1, 0.15) is 6.10 Å². The van der Waals surface area contributed by atoms with Crippen LogP contribution in [0.5, 0.6) is 11.5 Å². The molecule has 0 bridgehead atoms. The molecule has 0 spiro atoms. The standard InChI is InChI=1S/C12H13NO3S/c1-15-9-4-3-8(5-10(9)16-2)12(14)11-6-13-7-17-11/h3-7,12,14H,1-2H3. The first-order chi connectivity index (χ1) is 8.26. The molecule has 2 rings (SSSR count). The third-order valence-electron chi connectivity index (χ3n) is 2.44. The van der Waals surface area contributed by atoms with Crippen LogP contribution in [0.15, 0.2) is 29.9 Å². The molecular formula is C12H13NO3S. The Morgan fingerprint density at radius 2 is 2.00 bits per heavy atom. The zero-order valence-electron chi connectivity index (χ0n) is 9.58. The number of thiazole rings is 1. The van der Waals surface area contributed by atoms with Crippen molar-refractivity contribution in [2.24, 2.45) is 0 Å². The van der Waals surface area contributed by atoms with E-state index in [0.717, 1.165) is 10.4 Å². The molecule has 0 aliphatic carbocycles. The predicted octanol–water partition coefficient (Wildman–Crippen LogP) is 2.24. The molecule has 2 aromatic rings. The van der Waals surface area contributed by atoms with E-state index in [1.165, 1.54) is 11.3 Å². The lowest BCUT2D eigenvalue weighted by molar-refractivity contribution is 0.223. The normalized spacial score (nSPS) is 12.2. The van der Waals surface area contributed by atoms with Crippen LogP contribution >= 0.6 is 11.3 Å². The summed E-state index contributed by atoms with van der Waals surface area (Å²) in [6, 6.07) is 5.35. The molecule has 0 saturated heterocycles. The van der Waals surface area contributed by atoms with Crippen LogP contribution in [0.4, 0.5) is 0 Å². The second-order valence-corrected chi connectivity index (χ2v) is 4.34. The monoisotopic (exact) mass is 251 g/mol. The number of aromatic nitrogens is 1. The van der Waals surface area contributed by atoms with Crippen LogP contribution in [0.3, 0.4) is 0 Å². The topological polar surface area (TPSA) is 51.6 Å². The first-order valence-electron chi connectivity index (χ1n) is 5.04. The minimum atomic E-state index is -0.678. The molecular weight excluding hydrogens is 238 g/mol. The number of aliphatic hydroxyl groups excluding tert-OH is 1. The lowest BCUT2D eigenvalue weighted by Gasteiger charge is -2.12. The summed E-state index contributed by atoms with van der Waals surface area (Å²) in [6.07, 6.45) is 0.980. The van der Waals surface area contributed by atoms with Gasteiger partial charge in [0, 0.05) is 6.20 Å². The largest absolute Gasteiger partial charge is 0.493 e. The fourth-order valence-corrected chi connectivity index (χ4v) is 2.18. The van der Waals surface area contributed by atoms with Gasteiger partial charge in [-0.15, -0.1) is 11.3 Å². The van der Waals surface area contributed by atoms with Gasteiger partial charge in [0.15, 0.2) is 11.5 Å². The number of hydrogen-bond acceptors (Lipinski definition) is 5. The van der Waals surface area contributed by atoms with Crippen LogP contribution in [-0.4, -0.2) is 24.3 Å². The second-order valence-electron chi connectivity index (χ2n) is 3.42. The molecule has 90 valence electrons. The Balaban J connectivity index is 2.33. The van der Waals surface area contributed by atoms with Gasteiger partial charge in [0.25, 0.3) is 0 Å². The number of methoxy groups -OCH3 is 2. The van der Waals surface area contributed by atoms with Gasteiger partial charge in [-0.2, -0.15) is 0 Å². The van der Waals surface area contributed by atoms with Crippen molar-refractivity contribution in [3.63, 3.8) is 0 Å².